The van der Waals surface area contributed by atoms with E-state index in [0.717, 1.165) is 11.4 Å². The zero-order valence-corrected chi connectivity index (χ0v) is 10.9. The fourth-order valence-electron chi connectivity index (χ4n) is 1.70. The molecule has 0 aliphatic heterocycles. The molecule has 1 atom stereocenters. The van der Waals surface area contributed by atoms with Crippen LogP contribution >= 0.6 is 11.6 Å². The van der Waals surface area contributed by atoms with E-state index >= 15 is 0 Å². The number of imidazole rings is 1. The highest BCUT2D eigenvalue weighted by Gasteiger charge is 2.08. The van der Waals surface area contributed by atoms with Gasteiger partial charge in [0.2, 0.25) is 0 Å². The van der Waals surface area contributed by atoms with Gasteiger partial charge in [-0.25, -0.2) is 4.98 Å². The Bertz CT molecular complexity index is 498. The van der Waals surface area contributed by atoms with E-state index in [4.69, 9.17) is 11.6 Å². The summed E-state index contributed by atoms with van der Waals surface area (Å²) < 4.78 is 1.81. The average molecular weight is 266 g/mol. The SMILES string of the molecule is Cn1c(Cl)cnc1CNCC(O)c1ccccc1. The Morgan fingerprint density at radius 2 is 2.11 bits per heavy atom. The van der Waals surface area contributed by atoms with Crippen molar-refractivity contribution in [2.24, 2.45) is 7.05 Å². The molecule has 0 bridgehead atoms. The number of benzene rings is 1. The Labute approximate surface area is 111 Å². The van der Waals surface area contributed by atoms with Gasteiger partial charge in [0, 0.05) is 13.6 Å². The van der Waals surface area contributed by atoms with Crippen molar-refractivity contribution in [1.29, 1.82) is 0 Å². The summed E-state index contributed by atoms with van der Waals surface area (Å²) in [6.45, 7) is 1.06. The first-order valence-electron chi connectivity index (χ1n) is 5.78. The first-order valence-corrected chi connectivity index (χ1v) is 6.16. The first-order chi connectivity index (χ1) is 8.68. The summed E-state index contributed by atoms with van der Waals surface area (Å²) in [7, 11) is 1.86. The number of halogens is 1. The fraction of sp³-hybridized carbons (Fsp3) is 0.308. The fourth-order valence-corrected chi connectivity index (χ4v) is 1.85. The van der Waals surface area contributed by atoms with Crippen molar-refractivity contribution < 1.29 is 5.11 Å². The number of hydrogen-bond donors (Lipinski definition) is 2. The highest BCUT2D eigenvalue weighted by Crippen LogP contribution is 2.11. The number of hydrogen-bond acceptors (Lipinski definition) is 3. The third kappa shape index (κ3) is 3.10. The molecular weight excluding hydrogens is 250 g/mol. The highest BCUT2D eigenvalue weighted by atomic mass is 35.5. The van der Waals surface area contributed by atoms with Gasteiger partial charge in [-0.3, -0.25) is 0 Å². The van der Waals surface area contributed by atoms with Crippen LogP contribution in [-0.4, -0.2) is 21.2 Å². The minimum Gasteiger partial charge on any atom is -0.387 e. The lowest BCUT2D eigenvalue weighted by molar-refractivity contribution is 0.174. The maximum atomic E-state index is 9.96. The number of aromatic nitrogens is 2. The van der Waals surface area contributed by atoms with Crippen LogP contribution in [0.3, 0.4) is 0 Å². The molecule has 1 unspecified atom stereocenters. The predicted molar refractivity (Wildman–Crippen MR) is 71.3 cm³/mol. The molecule has 18 heavy (non-hydrogen) atoms. The molecule has 5 heteroatoms. The molecule has 1 heterocycles. The number of aliphatic hydroxyl groups excluding tert-OH is 1. The van der Waals surface area contributed by atoms with Crippen molar-refractivity contribution in [2.75, 3.05) is 6.54 Å². The summed E-state index contributed by atoms with van der Waals surface area (Å²) in [5.41, 5.74) is 0.905. The second-order valence-electron chi connectivity index (χ2n) is 4.11. The van der Waals surface area contributed by atoms with Crippen LogP contribution < -0.4 is 5.32 Å². The van der Waals surface area contributed by atoms with E-state index in [0.29, 0.717) is 18.2 Å². The molecule has 0 saturated carbocycles. The van der Waals surface area contributed by atoms with Crippen molar-refractivity contribution in [3.8, 4) is 0 Å². The molecule has 1 aromatic heterocycles. The van der Waals surface area contributed by atoms with E-state index in [1.54, 1.807) is 6.20 Å². The molecule has 2 aromatic rings. The molecule has 0 spiro atoms. The van der Waals surface area contributed by atoms with Crippen molar-refractivity contribution in [1.82, 2.24) is 14.9 Å². The van der Waals surface area contributed by atoms with Gasteiger partial charge >= 0.3 is 0 Å². The smallest absolute Gasteiger partial charge is 0.128 e. The Kier molecular flexibility index (Phi) is 4.36. The summed E-state index contributed by atoms with van der Waals surface area (Å²) in [6.07, 6.45) is 1.11. The van der Waals surface area contributed by atoms with E-state index in [1.165, 1.54) is 0 Å². The van der Waals surface area contributed by atoms with Gasteiger partial charge in [0.1, 0.15) is 11.0 Å². The second kappa shape index (κ2) is 6.00. The minimum absolute atomic E-state index is 0.481. The van der Waals surface area contributed by atoms with Crippen LogP contribution in [-0.2, 0) is 13.6 Å². The Morgan fingerprint density at radius 3 is 2.72 bits per heavy atom. The topological polar surface area (TPSA) is 50.1 Å². The maximum Gasteiger partial charge on any atom is 0.128 e. The largest absolute Gasteiger partial charge is 0.387 e. The first kappa shape index (κ1) is 13.1. The lowest BCUT2D eigenvalue weighted by Gasteiger charge is -2.12. The van der Waals surface area contributed by atoms with Crippen molar-refractivity contribution in [3.63, 3.8) is 0 Å². The summed E-state index contributed by atoms with van der Waals surface area (Å²) in [5.74, 6) is 0.847. The van der Waals surface area contributed by atoms with Gasteiger partial charge in [0.15, 0.2) is 0 Å². The van der Waals surface area contributed by atoms with E-state index in [9.17, 15) is 5.11 Å². The van der Waals surface area contributed by atoms with Crippen LogP contribution in [0.15, 0.2) is 36.5 Å². The highest BCUT2D eigenvalue weighted by molar-refractivity contribution is 6.29. The zero-order valence-electron chi connectivity index (χ0n) is 10.2. The van der Waals surface area contributed by atoms with Gasteiger partial charge in [-0.2, -0.15) is 0 Å². The molecule has 1 aromatic carbocycles. The van der Waals surface area contributed by atoms with Gasteiger partial charge in [-0.1, -0.05) is 41.9 Å². The molecule has 0 saturated heterocycles. The normalized spacial score (nSPS) is 12.6. The summed E-state index contributed by atoms with van der Waals surface area (Å²) in [5, 5.41) is 13.7. The van der Waals surface area contributed by atoms with Crippen LogP contribution in [0.1, 0.15) is 17.5 Å². The van der Waals surface area contributed by atoms with E-state index in [2.05, 4.69) is 10.3 Å². The van der Waals surface area contributed by atoms with Gasteiger partial charge < -0.3 is 15.0 Å². The molecule has 4 nitrogen and oxygen atoms in total. The third-order valence-corrected chi connectivity index (χ3v) is 3.18. The molecule has 2 N–H and O–H groups in total. The quantitative estimate of drug-likeness (QED) is 0.868. The molecule has 0 aliphatic rings. The molecule has 0 fully saturated rings. The second-order valence-corrected chi connectivity index (χ2v) is 4.50. The van der Waals surface area contributed by atoms with Crippen LogP contribution in [0.25, 0.3) is 0 Å². The third-order valence-electron chi connectivity index (χ3n) is 2.83. The zero-order chi connectivity index (χ0) is 13.0. The summed E-state index contributed by atoms with van der Waals surface area (Å²) >= 11 is 5.89. The lowest BCUT2D eigenvalue weighted by atomic mass is 10.1. The van der Waals surface area contributed by atoms with Crippen molar-refractivity contribution >= 4 is 11.6 Å². The molecule has 0 amide bonds. The number of nitrogens with one attached hydrogen (secondary N) is 1. The van der Waals surface area contributed by atoms with Crippen LogP contribution in [0.5, 0.6) is 0 Å². The number of rotatable bonds is 5. The summed E-state index contributed by atoms with van der Waals surface area (Å²) in [6, 6.07) is 9.57. The van der Waals surface area contributed by atoms with Gasteiger partial charge in [-0.15, -0.1) is 0 Å². The summed E-state index contributed by atoms with van der Waals surface area (Å²) in [4.78, 5) is 4.17. The van der Waals surface area contributed by atoms with E-state index in [1.807, 2.05) is 41.9 Å². The Morgan fingerprint density at radius 1 is 1.39 bits per heavy atom. The van der Waals surface area contributed by atoms with Crippen molar-refractivity contribution in [3.05, 3.63) is 53.1 Å². The van der Waals surface area contributed by atoms with Crippen LogP contribution in [0, 0.1) is 0 Å². The Balaban J connectivity index is 1.84. The van der Waals surface area contributed by atoms with Gasteiger partial charge in [-0.05, 0) is 5.56 Å². The molecule has 0 radical (unpaired) electrons. The molecule has 96 valence electrons. The standard InChI is InChI=1S/C13H16ClN3O/c1-17-12(14)8-16-13(17)9-15-7-11(18)10-5-3-2-4-6-10/h2-6,8,11,15,18H,7,9H2,1H3. The van der Waals surface area contributed by atoms with Crippen LogP contribution in [0.2, 0.25) is 5.15 Å². The minimum atomic E-state index is -0.512. The monoisotopic (exact) mass is 265 g/mol. The van der Waals surface area contributed by atoms with E-state index < -0.39 is 6.10 Å². The van der Waals surface area contributed by atoms with Gasteiger partial charge in [0.25, 0.3) is 0 Å². The van der Waals surface area contributed by atoms with Crippen LogP contribution in [0.4, 0.5) is 0 Å². The number of nitrogens with zero attached hydrogens (tertiary/aromatic N) is 2. The van der Waals surface area contributed by atoms with Crippen molar-refractivity contribution in [2.45, 2.75) is 12.6 Å². The Hall–Kier alpha value is -1.36. The average Bonchev–Trinajstić information content (AvgIpc) is 2.71. The predicted octanol–water partition coefficient (Wildman–Crippen LogP) is 1.90. The van der Waals surface area contributed by atoms with Gasteiger partial charge in [0.05, 0.1) is 18.8 Å². The molecule has 0 aliphatic carbocycles. The lowest BCUT2D eigenvalue weighted by Crippen LogP contribution is -2.22. The maximum absolute atomic E-state index is 9.96. The molecular formula is C13H16ClN3O. The number of aliphatic hydroxyl groups is 1. The molecule has 2 rings (SSSR count). The van der Waals surface area contributed by atoms with E-state index in [-0.39, 0.29) is 0 Å².